The maximum Gasteiger partial charge on any atom is 0.259 e. The molecule has 0 bridgehead atoms. The van der Waals surface area contributed by atoms with Crippen molar-refractivity contribution in [3.05, 3.63) is 48.0 Å². The van der Waals surface area contributed by atoms with Gasteiger partial charge in [-0.2, -0.15) is 0 Å². The summed E-state index contributed by atoms with van der Waals surface area (Å²) < 4.78 is 23.3. The molecule has 1 heterocycles. The first-order valence-corrected chi connectivity index (χ1v) is 9.59. The van der Waals surface area contributed by atoms with Crippen molar-refractivity contribution in [1.82, 2.24) is 0 Å². The minimum atomic E-state index is -3.78. The molecule has 23 heavy (non-hydrogen) atoms. The standard InChI is InChI=1S/C16H14N2O3S2/c17-23(20,21)11-7-8-13-15(9-11)22-14-4-2-1-3-12(14)16(19)18(13)10-5-6-10/h1-4,7-10H,5-6H2,(H2,17,20,21). The van der Waals surface area contributed by atoms with Crippen LogP contribution in [0.15, 0.2) is 57.2 Å². The van der Waals surface area contributed by atoms with Crippen LogP contribution in [0.1, 0.15) is 23.2 Å². The first kappa shape index (κ1) is 14.7. The number of carbonyl (C=O) groups excluding carboxylic acids is 1. The van der Waals surface area contributed by atoms with Gasteiger partial charge in [-0.1, -0.05) is 23.9 Å². The van der Waals surface area contributed by atoms with Gasteiger partial charge >= 0.3 is 0 Å². The fraction of sp³-hybridized carbons (Fsp3) is 0.188. The molecule has 1 saturated carbocycles. The molecule has 7 heteroatoms. The van der Waals surface area contributed by atoms with Gasteiger partial charge in [0.25, 0.3) is 5.91 Å². The smallest absolute Gasteiger partial charge is 0.259 e. The molecule has 0 saturated heterocycles. The van der Waals surface area contributed by atoms with Crippen LogP contribution in [0.4, 0.5) is 5.69 Å². The molecule has 0 unspecified atom stereocenters. The van der Waals surface area contributed by atoms with Gasteiger partial charge in [0.1, 0.15) is 0 Å². The molecule has 2 N–H and O–H groups in total. The van der Waals surface area contributed by atoms with E-state index < -0.39 is 10.0 Å². The number of hydrogen-bond acceptors (Lipinski definition) is 4. The van der Waals surface area contributed by atoms with Gasteiger partial charge in [0.05, 0.1) is 16.1 Å². The number of amides is 1. The van der Waals surface area contributed by atoms with Crippen LogP contribution < -0.4 is 10.0 Å². The lowest BCUT2D eigenvalue weighted by atomic mass is 10.1. The van der Waals surface area contributed by atoms with Crippen molar-refractivity contribution in [2.24, 2.45) is 5.14 Å². The van der Waals surface area contributed by atoms with Gasteiger partial charge in [-0.05, 0) is 43.2 Å². The molecule has 0 radical (unpaired) electrons. The second-order valence-corrected chi connectivity index (χ2v) is 8.32. The Labute approximate surface area is 138 Å². The number of primary sulfonamides is 1. The number of sulfonamides is 1. The van der Waals surface area contributed by atoms with E-state index in [1.807, 2.05) is 24.3 Å². The number of fused-ring (bicyclic) bond motifs is 2. The summed E-state index contributed by atoms with van der Waals surface area (Å²) in [5, 5.41) is 5.24. The maximum absolute atomic E-state index is 12.9. The van der Waals surface area contributed by atoms with Crippen molar-refractivity contribution in [2.45, 2.75) is 33.6 Å². The summed E-state index contributed by atoms with van der Waals surface area (Å²) in [6.07, 6.45) is 1.93. The second kappa shape index (κ2) is 5.09. The number of hydrogen-bond donors (Lipinski definition) is 1. The third-order valence-electron chi connectivity index (χ3n) is 3.99. The van der Waals surface area contributed by atoms with Gasteiger partial charge in [-0.15, -0.1) is 0 Å². The van der Waals surface area contributed by atoms with E-state index in [4.69, 9.17) is 5.14 Å². The normalized spacial score (nSPS) is 17.4. The topological polar surface area (TPSA) is 80.5 Å². The third kappa shape index (κ3) is 2.54. The summed E-state index contributed by atoms with van der Waals surface area (Å²) in [6.45, 7) is 0. The van der Waals surface area contributed by atoms with E-state index in [0.717, 1.165) is 28.3 Å². The molecule has 0 aromatic heterocycles. The maximum atomic E-state index is 12.9. The molecule has 2 aromatic rings. The highest BCUT2D eigenvalue weighted by Gasteiger charge is 2.38. The summed E-state index contributed by atoms with van der Waals surface area (Å²) in [4.78, 5) is 16.4. The van der Waals surface area contributed by atoms with Crippen LogP contribution in [-0.4, -0.2) is 20.4 Å². The quantitative estimate of drug-likeness (QED) is 0.906. The highest BCUT2D eigenvalue weighted by molar-refractivity contribution is 7.99. The Hall–Kier alpha value is -1.83. The van der Waals surface area contributed by atoms with Gasteiger partial charge in [0.15, 0.2) is 0 Å². The van der Waals surface area contributed by atoms with Crippen molar-refractivity contribution in [2.75, 3.05) is 4.90 Å². The van der Waals surface area contributed by atoms with Gasteiger partial charge in [0.2, 0.25) is 10.0 Å². The molecule has 1 amide bonds. The number of nitrogens with zero attached hydrogens (tertiary/aromatic N) is 1. The van der Waals surface area contributed by atoms with E-state index >= 15 is 0 Å². The van der Waals surface area contributed by atoms with Gasteiger partial charge in [0, 0.05) is 15.8 Å². The summed E-state index contributed by atoms with van der Waals surface area (Å²) in [5.41, 5.74) is 1.41. The highest BCUT2D eigenvalue weighted by Crippen LogP contribution is 2.45. The first-order valence-electron chi connectivity index (χ1n) is 7.22. The molecule has 2 aliphatic rings. The Morgan fingerprint density at radius 2 is 1.83 bits per heavy atom. The molecule has 0 atom stereocenters. The molecular formula is C16H14N2O3S2. The van der Waals surface area contributed by atoms with Crippen molar-refractivity contribution >= 4 is 33.4 Å². The van der Waals surface area contributed by atoms with Crippen molar-refractivity contribution in [1.29, 1.82) is 0 Å². The molecule has 2 aromatic carbocycles. The minimum Gasteiger partial charge on any atom is -0.304 e. The Morgan fingerprint density at radius 3 is 2.52 bits per heavy atom. The van der Waals surface area contributed by atoms with Crippen LogP contribution in [0, 0.1) is 0 Å². The van der Waals surface area contributed by atoms with E-state index in [0.29, 0.717) is 5.56 Å². The Balaban J connectivity index is 1.94. The fourth-order valence-corrected chi connectivity index (χ4v) is 4.46. The fourth-order valence-electron chi connectivity index (χ4n) is 2.74. The largest absolute Gasteiger partial charge is 0.304 e. The minimum absolute atomic E-state index is 0.0299. The average Bonchev–Trinajstić information content (AvgIpc) is 3.32. The molecule has 0 spiro atoms. The van der Waals surface area contributed by atoms with E-state index in [2.05, 4.69) is 0 Å². The predicted octanol–water partition coefficient (Wildman–Crippen LogP) is 2.61. The van der Waals surface area contributed by atoms with Crippen LogP contribution in [0.25, 0.3) is 0 Å². The van der Waals surface area contributed by atoms with Crippen molar-refractivity contribution in [3.63, 3.8) is 0 Å². The molecule has 118 valence electrons. The lowest BCUT2D eigenvalue weighted by Gasteiger charge is -2.22. The van der Waals surface area contributed by atoms with E-state index in [1.54, 1.807) is 17.0 Å². The van der Waals surface area contributed by atoms with Crippen LogP contribution in [0.2, 0.25) is 0 Å². The molecule has 1 fully saturated rings. The third-order valence-corrected chi connectivity index (χ3v) is 6.02. The zero-order chi connectivity index (χ0) is 16.2. The van der Waals surface area contributed by atoms with Crippen LogP contribution in [0.3, 0.4) is 0 Å². The molecule has 4 rings (SSSR count). The number of rotatable bonds is 2. The number of benzene rings is 2. The van der Waals surface area contributed by atoms with Crippen LogP contribution in [0.5, 0.6) is 0 Å². The Kier molecular flexibility index (Phi) is 3.26. The lowest BCUT2D eigenvalue weighted by molar-refractivity contribution is 0.0982. The van der Waals surface area contributed by atoms with E-state index in [9.17, 15) is 13.2 Å². The van der Waals surface area contributed by atoms with Crippen LogP contribution >= 0.6 is 11.8 Å². The summed E-state index contributed by atoms with van der Waals surface area (Å²) in [7, 11) is -3.78. The molecule has 1 aliphatic heterocycles. The summed E-state index contributed by atoms with van der Waals surface area (Å²) in [6, 6.07) is 12.3. The van der Waals surface area contributed by atoms with E-state index in [-0.39, 0.29) is 16.8 Å². The SMILES string of the molecule is NS(=O)(=O)c1ccc2c(c1)Sc1ccccc1C(=O)N2C1CC1. The number of carbonyl (C=O) groups is 1. The number of nitrogens with two attached hydrogens (primary N) is 1. The first-order chi connectivity index (χ1) is 10.9. The number of anilines is 1. The Bertz CT molecular complexity index is 921. The van der Waals surface area contributed by atoms with Gasteiger partial charge < -0.3 is 4.90 Å². The van der Waals surface area contributed by atoms with Gasteiger partial charge in [-0.25, -0.2) is 13.6 Å². The predicted molar refractivity (Wildman–Crippen MR) is 88.2 cm³/mol. The van der Waals surface area contributed by atoms with Crippen molar-refractivity contribution in [3.8, 4) is 0 Å². The monoisotopic (exact) mass is 346 g/mol. The van der Waals surface area contributed by atoms with Crippen molar-refractivity contribution < 1.29 is 13.2 Å². The average molecular weight is 346 g/mol. The highest BCUT2D eigenvalue weighted by atomic mass is 32.2. The summed E-state index contributed by atoms with van der Waals surface area (Å²) >= 11 is 1.40. The Morgan fingerprint density at radius 1 is 1.09 bits per heavy atom. The van der Waals surface area contributed by atoms with Crippen LogP contribution in [-0.2, 0) is 10.0 Å². The van der Waals surface area contributed by atoms with E-state index in [1.165, 1.54) is 17.8 Å². The second-order valence-electron chi connectivity index (χ2n) is 5.68. The molecule has 5 nitrogen and oxygen atoms in total. The zero-order valence-electron chi connectivity index (χ0n) is 12.1. The summed E-state index contributed by atoms with van der Waals surface area (Å²) in [5.74, 6) is -0.0299. The lowest BCUT2D eigenvalue weighted by Crippen LogP contribution is -2.33. The molecular weight excluding hydrogens is 332 g/mol. The zero-order valence-corrected chi connectivity index (χ0v) is 13.7. The van der Waals surface area contributed by atoms with Gasteiger partial charge in [-0.3, -0.25) is 4.79 Å². The molecule has 1 aliphatic carbocycles.